The predicted octanol–water partition coefficient (Wildman–Crippen LogP) is 3.76. The lowest BCUT2D eigenvalue weighted by Crippen LogP contribution is -1.94. The molecule has 0 saturated carbocycles. The Hall–Kier alpha value is -2.47. The van der Waals surface area contributed by atoms with E-state index in [1.807, 2.05) is 0 Å². The molecular formula is C14H10ClNO5. The molecule has 0 aliphatic rings. The largest absolute Gasteiger partial charge is 0.493 e. The SMILES string of the molecule is COc1cc(-c2cc(C(=O)O)no2)c(Cl)c2cc(C)oc12. The maximum atomic E-state index is 10.9. The summed E-state index contributed by atoms with van der Waals surface area (Å²) >= 11 is 6.36. The molecular weight excluding hydrogens is 298 g/mol. The van der Waals surface area contributed by atoms with E-state index in [2.05, 4.69) is 5.16 Å². The van der Waals surface area contributed by atoms with Crippen LogP contribution in [0.1, 0.15) is 16.2 Å². The average Bonchev–Trinajstić information content (AvgIpc) is 3.06. The lowest BCUT2D eigenvalue weighted by atomic mass is 10.1. The molecule has 0 aliphatic carbocycles. The Morgan fingerprint density at radius 1 is 1.38 bits per heavy atom. The number of halogens is 1. The maximum absolute atomic E-state index is 10.9. The molecule has 21 heavy (non-hydrogen) atoms. The average molecular weight is 308 g/mol. The van der Waals surface area contributed by atoms with Crippen LogP contribution in [0.2, 0.25) is 5.02 Å². The van der Waals surface area contributed by atoms with Gasteiger partial charge in [-0.3, -0.25) is 0 Å². The third kappa shape index (κ3) is 2.13. The summed E-state index contributed by atoms with van der Waals surface area (Å²) in [5.41, 5.74) is 0.826. The first-order chi connectivity index (χ1) is 10.0. The number of ether oxygens (including phenoxy) is 1. The maximum Gasteiger partial charge on any atom is 0.358 e. The zero-order valence-corrected chi connectivity index (χ0v) is 11.9. The number of nitrogens with zero attached hydrogens (tertiary/aromatic N) is 1. The third-order valence-corrected chi connectivity index (χ3v) is 3.45. The van der Waals surface area contributed by atoms with Gasteiger partial charge in [0.25, 0.3) is 0 Å². The van der Waals surface area contributed by atoms with Gasteiger partial charge in [0.2, 0.25) is 0 Å². The first-order valence-electron chi connectivity index (χ1n) is 5.98. The summed E-state index contributed by atoms with van der Waals surface area (Å²) in [6.45, 7) is 1.80. The van der Waals surface area contributed by atoms with Gasteiger partial charge in [0, 0.05) is 17.0 Å². The van der Waals surface area contributed by atoms with Gasteiger partial charge in [-0.1, -0.05) is 16.8 Å². The predicted molar refractivity (Wildman–Crippen MR) is 75.0 cm³/mol. The fourth-order valence-electron chi connectivity index (χ4n) is 2.10. The van der Waals surface area contributed by atoms with Crippen LogP contribution < -0.4 is 4.74 Å². The van der Waals surface area contributed by atoms with Crippen molar-refractivity contribution < 1.29 is 23.6 Å². The van der Waals surface area contributed by atoms with Crippen LogP contribution in [0.15, 0.2) is 27.1 Å². The summed E-state index contributed by atoms with van der Waals surface area (Å²) in [6, 6.07) is 4.71. The number of aromatic nitrogens is 1. The first-order valence-corrected chi connectivity index (χ1v) is 6.36. The highest BCUT2D eigenvalue weighted by Crippen LogP contribution is 2.41. The van der Waals surface area contributed by atoms with E-state index in [1.165, 1.54) is 13.2 Å². The Morgan fingerprint density at radius 3 is 2.76 bits per heavy atom. The van der Waals surface area contributed by atoms with Crippen molar-refractivity contribution in [1.29, 1.82) is 0 Å². The van der Waals surface area contributed by atoms with Gasteiger partial charge in [0.15, 0.2) is 22.8 Å². The smallest absolute Gasteiger partial charge is 0.358 e. The number of aromatic carboxylic acids is 1. The van der Waals surface area contributed by atoms with Crippen LogP contribution in [-0.2, 0) is 0 Å². The van der Waals surface area contributed by atoms with Crippen molar-refractivity contribution in [2.24, 2.45) is 0 Å². The molecule has 2 aromatic heterocycles. The van der Waals surface area contributed by atoms with Gasteiger partial charge in [0.1, 0.15) is 5.76 Å². The Morgan fingerprint density at radius 2 is 2.14 bits per heavy atom. The van der Waals surface area contributed by atoms with Gasteiger partial charge >= 0.3 is 5.97 Å². The van der Waals surface area contributed by atoms with E-state index < -0.39 is 5.97 Å². The number of methoxy groups -OCH3 is 1. The molecule has 0 amide bonds. The van der Waals surface area contributed by atoms with Gasteiger partial charge in [-0.15, -0.1) is 0 Å². The number of carbonyl (C=O) groups is 1. The van der Waals surface area contributed by atoms with Crippen LogP contribution in [-0.4, -0.2) is 23.3 Å². The number of benzene rings is 1. The van der Waals surface area contributed by atoms with Crippen molar-refractivity contribution in [3.05, 3.63) is 34.7 Å². The Bertz CT molecular complexity index is 849. The Balaban J connectivity index is 2.26. The second kappa shape index (κ2) is 4.82. The number of carboxylic acid groups (broad SMARTS) is 1. The van der Waals surface area contributed by atoms with E-state index in [0.717, 1.165) is 0 Å². The molecule has 108 valence electrons. The van der Waals surface area contributed by atoms with Gasteiger partial charge < -0.3 is 18.8 Å². The normalized spacial score (nSPS) is 11.0. The Kier molecular flexibility index (Phi) is 3.10. The second-order valence-corrected chi connectivity index (χ2v) is 4.80. The number of aryl methyl sites for hydroxylation is 1. The number of hydrogen-bond acceptors (Lipinski definition) is 5. The first kappa shape index (κ1) is 13.5. The van der Waals surface area contributed by atoms with Crippen molar-refractivity contribution in [1.82, 2.24) is 5.16 Å². The van der Waals surface area contributed by atoms with Crippen LogP contribution in [0.4, 0.5) is 0 Å². The van der Waals surface area contributed by atoms with Crippen molar-refractivity contribution in [3.8, 4) is 17.1 Å². The van der Waals surface area contributed by atoms with Crippen LogP contribution in [0.5, 0.6) is 5.75 Å². The second-order valence-electron chi connectivity index (χ2n) is 4.42. The number of carboxylic acids is 1. The minimum absolute atomic E-state index is 0.191. The molecule has 0 spiro atoms. The lowest BCUT2D eigenvalue weighted by Gasteiger charge is -2.06. The fourth-order valence-corrected chi connectivity index (χ4v) is 2.39. The van der Waals surface area contributed by atoms with Crippen LogP contribution in [0.25, 0.3) is 22.3 Å². The van der Waals surface area contributed by atoms with Gasteiger partial charge in [-0.2, -0.15) is 0 Å². The molecule has 0 aliphatic heterocycles. The number of rotatable bonds is 3. The topological polar surface area (TPSA) is 85.7 Å². The highest BCUT2D eigenvalue weighted by molar-refractivity contribution is 6.38. The highest BCUT2D eigenvalue weighted by atomic mass is 35.5. The van der Waals surface area contributed by atoms with Crippen molar-refractivity contribution in [3.63, 3.8) is 0 Å². The summed E-state index contributed by atoms with van der Waals surface area (Å²) in [7, 11) is 1.51. The van der Waals surface area contributed by atoms with E-state index in [-0.39, 0.29) is 11.5 Å². The summed E-state index contributed by atoms with van der Waals surface area (Å²) in [4.78, 5) is 10.9. The molecule has 0 radical (unpaired) electrons. The molecule has 0 bridgehead atoms. The summed E-state index contributed by atoms with van der Waals surface area (Å²) in [5, 5.41) is 13.4. The molecule has 7 heteroatoms. The molecule has 0 atom stereocenters. The molecule has 6 nitrogen and oxygen atoms in total. The van der Waals surface area contributed by atoms with Gasteiger partial charge in [0.05, 0.1) is 12.1 Å². The van der Waals surface area contributed by atoms with Gasteiger partial charge in [-0.25, -0.2) is 4.79 Å². The number of fused-ring (bicyclic) bond motifs is 1. The molecule has 2 heterocycles. The van der Waals surface area contributed by atoms with Gasteiger partial charge in [-0.05, 0) is 19.1 Å². The molecule has 1 aromatic carbocycles. The van der Waals surface area contributed by atoms with Crippen molar-refractivity contribution in [2.45, 2.75) is 6.92 Å². The third-order valence-electron chi connectivity index (χ3n) is 3.04. The van der Waals surface area contributed by atoms with Crippen molar-refractivity contribution in [2.75, 3.05) is 7.11 Å². The number of furan rings is 1. The van der Waals surface area contributed by atoms with E-state index in [0.29, 0.717) is 33.1 Å². The minimum atomic E-state index is -1.17. The van der Waals surface area contributed by atoms with Crippen molar-refractivity contribution >= 4 is 28.5 Å². The summed E-state index contributed by atoms with van der Waals surface area (Å²) in [6.07, 6.45) is 0. The van der Waals surface area contributed by atoms with Crippen LogP contribution in [0.3, 0.4) is 0 Å². The van der Waals surface area contributed by atoms with E-state index in [9.17, 15) is 4.79 Å². The highest BCUT2D eigenvalue weighted by Gasteiger charge is 2.20. The molecule has 0 fully saturated rings. The van der Waals surface area contributed by atoms with Crippen LogP contribution >= 0.6 is 11.6 Å². The summed E-state index contributed by atoms with van der Waals surface area (Å²) < 4.78 is 15.9. The number of hydrogen-bond donors (Lipinski definition) is 1. The zero-order chi connectivity index (χ0) is 15.1. The van der Waals surface area contributed by atoms with E-state index in [1.54, 1.807) is 19.1 Å². The van der Waals surface area contributed by atoms with E-state index in [4.69, 9.17) is 30.4 Å². The zero-order valence-electron chi connectivity index (χ0n) is 11.1. The summed E-state index contributed by atoms with van der Waals surface area (Å²) in [5.74, 6) is 0.238. The monoisotopic (exact) mass is 307 g/mol. The molecule has 0 unspecified atom stereocenters. The molecule has 3 rings (SSSR count). The van der Waals surface area contributed by atoms with E-state index >= 15 is 0 Å². The standard InChI is InChI=1S/C14H10ClNO5/c1-6-3-8-12(15)7(4-11(19-2)13(8)20-6)10-5-9(14(17)18)16-21-10/h3-5H,1-2H3,(H,17,18). The minimum Gasteiger partial charge on any atom is -0.493 e. The molecule has 0 saturated heterocycles. The fraction of sp³-hybridized carbons (Fsp3) is 0.143. The lowest BCUT2D eigenvalue weighted by molar-refractivity contribution is 0.0686. The molecule has 1 N–H and O–H groups in total. The van der Waals surface area contributed by atoms with Crippen LogP contribution in [0, 0.1) is 6.92 Å². The quantitative estimate of drug-likeness (QED) is 0.793. The molecule has 3 aromatic rings. The Labute approximate surface area is 123 Å².